The minimum Gasteiger partial charge on any atom is -0.545 e. The molecule has 0 amide bonds. The number of allylic oxidation sites excluding steroid dienone is 1. The molecule has 0 aliphatic carbocycles. The van der Waals surface area contributed by atoms with Gasteiger partial charge in [0.1, 0.15) is 11.0 Å². The minimum atomic E-state index is -1.48. The first-order valence-electron chi connectivity index (χ1n) is 10.8. The van der Waals surface area contributed by atoms with Crippen LogP contribution >= 0.6 is 11.7 Å². The molecule has 37 heavy (non-hydrogen) atoms. The molecule has 0 atom stereocenters. The van der Waals surface area contributed by atoms with Gasteiger partial charge in [-0.3, -0.25) is 4.79 Å². The van der Waals surface area contributed by atoms with Gasteiger partial charge in [0.25, 0.3) is 0 Å². The molecule has 0 saturated carbocycles. The van der Waals surface area contributed by atoms with E-state index in [1.165, 1.54) is 14.2 Å². The van der Waals surface area contributed by atoms with Crippen molar-refractivity contribution in [1.82, 2.24) is 8.75 Å². The van der Waals surface area contributed by atoms with Gasteiger partial charge in [0, 0.05) is 23.1 Å². The molecule has 0 unspecified atom stereocenters. The fraction of sp³-hybridized carbons (Fsp3) is 0.154. The van der Waals surface area contributed by atoms with Crippen LogP contribution in [0.5, 0.6) is 23.0 Å². The summed E-state index contributed by atoms with van der Waals surface area (Å²) in [5.41, 5.74) is 2.14. The SMILES string of the molecule is COc1ccc(CC(C(=O)c2ccc3c(c2)OCO3)=C(C(=O)[O-])c2ccc3nsnc3c2)cc1OC.[Na+]. The molecule has 3 aromatic carbocycles. The van der Waals surface area contributed by atoms with Crippen LogP contribution in [0.1, 0.15) is 21.5 Å². The second-order valence-electron chi connectivity index (χ2n) is 7.87. The molecule has 1 aromatic heterocycles. The van der Waals surface area contributed by atoms with Gasteiger partial charge in [0.15, 0.2) is 28.8 Å². The summed E-state index contributed by atoms with van der Waals surface area (Å²) in [4.78, 5) is 26.3. The number of hydrogen-bond acceptors (Lipinski definition) is 10. The van der Waals surface area contributed by atoms with Gasteiger partial charge >= 0.3 is 29.6 Å². The Labute approximate surface area is 238 Å². The summed E-state index contributed by atoms with van der Waals surface area (Å²) in [6.45, 7) is 0.0489. The summed E-state index contributed by atoms with van der Waals surface area (Å²) in [6.07, 6.45) is -0.00963. The second-order valence-corrected chi connectivity index (χ2v) is 8.40. The van der Waals surface area contributed by atoms with Gasteiger partial charge in [0.05, 0.1) is 31.9 Å². The van der Waals surface area contributed by atoms with Gasteiger partial charge in [-0.05, 0) is 53.6 Å². The fourth-order valence-electron chi connectivity index (χ4n) is 4.04. The Morgan fingerprint density at radius 3 is 2.38 bits per heavy atom. The van der Waals surface area contributed by atoms with Crippen LogP contribution in [0.3, 0.4) is 0 Å². The van der Waals surface area contributed by atoms with Crippen molar-refractivity contribution >= 4 is 40.1 Å². The van der Waals surface area contributed by atoms with Crippen LogP contribution in [-0.2, 0) is 11.2 Å². The molecule has 0 saturated heterocycles. The largest absolute Gasteiger partial charge is 1.00 e. The predicted octanol–water partition coefficient (Wildman–Crippen LogP) is 0.0703. The van der Waals surface area contributed by atoms with Gasteiger partial charge in [-0.1, -0.05) is 12.1 Å². The molecule has 0 spiro atoms. The quantitative estimate of drug-likeness (QED) is 0.178. The van der Waals surface area contributed by atoms with Crippen molar-refractivity contribution in [2.75, 3.05) is 21.0 Å². The third kappa shape index (κ3) is 5.33. The van der Waals surface area contributed by atoms with Crippen molar-refractivity contribution < 1.29 is 63.2 Å². The molecule has 11 heteroatoms. The molecule has 1 aliphatic heterocycles. The molecule has 9 nitrogen and oxygen atoms in total. The number of carbonyl (C=O) groups excluding carboxylic acids is 2. The molecule has 182 valence electrons. The summed E-state index contributed by atoms with van der Waals surface area (Å²) in [5.74, 6) is -0.0823. The van der Waals surface area contributed by atoms with Crippen LogP contribution in [0.15, 0.2) is 60.2 Å². The first kappa shape index (κ1) is 26.6. The van der Waals surface area contributed by atoms with Crippen molar-refractivity contribution in [3.63, 3.8) is 0 Å². The zero-order valence-electron chi connectivity index (χ0n) is 20.3. The zero-order valence-corrected chi connectivity index (χ0v) is 23.1. The molecule has 4 aromatic rings. The van der Waals surface area contributed by atoms with E-state index in [4.69, 9.17) is 18.9 Å². The van der Waals surface area contributed by atoms with Crippen LogP contribution in [0.2, 0.25) is 0 Å². The monoisotopic (exact) mass is 526 g/mol. The van der Waals surface area contributed by atoms with E-state index in [1.807, 2.05) is 0 Å². The number of fused-ring (bicyclic) bond motifs is 2. The summed E-state index contributed by atoms with van der Waals surface area (Å²) in [6, 6.07) is 14.7. The molecule has 0 bridgehead atoms. The number of ether oxygens (including phenoxy) is 4. The molecule has 5 rings (SSSR count). The Balaban J connectivity index is 0.00000320. The topological polar surface area (TPSA) is 120 Å². The summed E-state index contributed by atoms with van der Waals surface area (Å²) < 4.78 is 29.8. The van der Waals surface area contributed by atoms with E-state index in [1.54, 1.807) is 54.6 Å². The molecule has 0 radical (unpaired) electrons. The first-order valence-corrected chi connectivity index (χ1v) is 11.5. The van der Waals surface area contributed by atoms with E-state index in [-0.39, 0.29) is 59.5 Å². The van der Waals surface area contributed by atoms with E-state index in [0.717, 1.165) is 11.7 Å². The van der Waals surface area contributed by atoms with E-state index < -0.39 is 11.8 Å². The Morgan fingerprint density at radius 2 is 1.62 bits per heavy atom. The Morgan fingerprint density at radius 1 is 0.892 bits per heavy atom. The maximum atomic E-state index is 13.8. The Kier molecular flexibility index (Phi) is 8.13. The van der Waals surface area contributed by atoms with E-state index in [0.29, 0.717) is 45.2 Å². The van der Waals surface area contributed by atoms with E-state index >= 15 is 0 Å². The first-order chi connectivity index (χ1) is 17.5. The Hall–Kier alpha value is -3.44. The third-order valence-corrected chi connectivity index (χ3v) is 6.34. The van der Waals surface area contributed by atoms with Crippen molar-refractivity contribution in [2.45, 2.75) is 6.42 Å². The molecule has 1 aliphatic rings. The number of carbonyl (C=O) groups is 2. The predicted molar refractivity (Wildman–Crippen MR) is 129 cm³/mol. The molecule has 2 heterocycles. The standard InChI is InChI=1S/C26H20N2O7S.Na/c1-32-20-7-3-14(10-22(20)33-2)9-17(25(29)16-5-8-21-23(12-16)35-13-34-21)24(26(30)31)15-4-6-18-19(11-15)28-36-27-18;/h3-8,10-12H,9,13H2,1-2H3,(H,30,31);/q;+1/p-1. The summed E-state index contributed by atoms with van der Waals surface area (Å²) in [5, 5.41) is 12.5. The van der Waals surface area contributed by atoms with E-state index in [9.17, 15) is 14.7 Å². The van der Waals surface area contributed by atoms with Crippen molar-refractivity contribution in [3.8, 4) is 23.0 Å². The number of ketones is 1. The van der Waals surface area contributed by atoms with Crippen molar-refractivity contribution in [3.05, 3.63) is 76.9 Å². The smallest absolute Gasteiger partial charge is 0.545 e. The van der Waals surface area contributed by atoms with Gasteiger partial charge in [-0.15, -0.1) is 0 Å². The average molecular weight is 527 g/mol. The van der Waals surface area contributed by atoms with Crippen molar-refractivity contribution in [2.24, 2.45) is 0 Å². The fourth-order valence-corrected chi connectivity index (χ4v) is 4.56. The van der Waals surface area contributed by atoms with Crippen LogP contribution in [0.25, 0.3) is 16.6 Å². The second kappa shape index (κ2) is 11.3. The zero-order chi connectivity index (χ0) is 25.2. The number of carboxylic acid groups (broad SMARTS) is 1. The number of aliphatic carboxylic acids is 1. The minimum absolute atomic E-state index is 0. The normalized spacial score (nSPS) is 12.5. The number of rotatable bonds is 8. The van der Waals surface area contributed by atoms with Gasteiger partial charge in [-0.2, -0.15) is 8.75 Å². The number of hydrogen-bond donors (Lipinski definition) is 0. The summed E-state index contributed by atoms with van der Waals surface area (Å²) in [7, 11) is 3.02. The van der Waals surface area contributed by atoms with Gasteiger partial charge in [-0.25, -0.2) is 0 Å². The van der Waals surface area contributed by atoms with E-state index in [2.05, 4.69) is 8.75 Å². The molecule has 0 fully saturated rings. The third-order valence-electron chi connectivity index (χ3n) is 5.79. The molecular weight excluding hydrogens is 507 g/mol. The number of nitrogens with zero attached hydrogens (tertiary/aromatic N) is 2. The van der Waals surface area contributed by atoms with Crippen LogP contribution in [0.4, 0.5) is 0 Å². The number of aromatic nitrogens is 2. The van der Waals surface area contributed by atoms with Crippen molar-refractivity contribution in [1.29, 1.82) is 0 Å². The van der Waals surface area contributed by atoms with Gasteiger partial charge < -0.3 is 28.8 Å². The number of benzene rings is 3. The number of carboxylic acids is 1. The number of Topliss-reactive ketones (excluding diaryl/α,β-unsaturated/α-hetero) is 1. The maximum absolute atomic E-state index is 13.8. The number of methoxy groups -OCH3 is 2. The average Bonchev–Trinajstić information content (AvgIpc) is 3.56. The Bertz CT molecular complexity index is 1530. The van der Waals surface area contributed by atoms with Crippen LogP contribution in [0, 0.1) is 0 Å². The molecular formula is C26H19N2NaO7S. The van der Waals surface area contributed by atoms with Crippen LogP contribution in [-0.4, -0.2) is 41.5 Å². The van der Waals surface area contributed by atoms with Crippen LogP contribution < -0.4 is 53.6 Å². The summed E-state index contributed by atoms with van der Waals surface area (Å²) >= 11 is 1.02. The molecule has 0 N–H and O–H groups in total. The van der Waals surface area contributed by atoms with Gasteiger partial charge in [0.2, 0.25) is 6.79 Å². The maximum Gasteiger partial charge on any atom is 1.00 e.